The molecule has 17 heavy (non-hydrogen) atoms. The van der Waals surface area contributed by atoms with Gasteiger partial charge in [-0.05, 0) is 49.9 Å². The number of rotatable bonds is 9. The standard InChI is InChI=1S/C15H34OSi/c1-12(2)7-9-15(16-17,11-14(5)6)10-8-13(3)4/h12-14H,7-11H2,1-6,17H3. The minimum Gasteiger partial charge on any atom is -0.422 e. The summed E-state index contributed by atoms with van der Waals surface area (Å²) >= 11 is 0. The topological polar surface area (TPSA) is 9.23 Å². The van der Waals surface area contributed by atoms with Crippen molar-refractivity contribution in [2.75, 3.05) is 0 Å². The number of hydrogen-bond acceptors (Lipinski definition) is 1. The first-order chi connectivity index (χ1) is 7.81. The van der Waals surface area contributed by atoms with Crippen LogP contribution in [0.2, 0.25) is 0 Å². The molecule has 0 aliphatic heterocycles. The van der Waals surface area contributed by atoms with Gasteiger partial charge in [-0.3, -0.25) is 0 Å². The second-order valence-corrected chi connectivity index (χ2v) is 7.26. The minimum atomic E-state index is 0.189. The summed E-state index contributed by atoms with van der Waals surface area (Å²) in [5.41, 5.74) is 0.189. The van der Waals surface area contributed by atoms with Crippen molar-refractivity contribution in [1.82, 2.24) is 0 Å². The summed E-state index contributed by atoms with van der Waals surface area (Å²) in [7, 11) is 0.872. The molecule has 0 unspecified atom stereocenters. The first-order valence-corrected chi connectivity index (χ1v) is 8.18. The fourth-order valence-corrected chi connectivity index (χ4v) is 3.04. The third-order valence-corrected chi connectivity index (χ3v) is 4.43. The van der Waals surface area contributed by atoms with E-state index in [-0.39, 0.29) is 5.60 Å². The lowest BCUT2D eigenvalue weighted by molar-refractivity contribution is 0.0278. The monoisotopic (exact) mass is 258 g/mol. The van der Waals surface area contributed by atoms with Gasteiger partial charge in [0.1, 0.15) is 10.5 Å². The third-order valence-electron chi connectivity index (χ3n) is 3.57. The first kappa shape index (κ1) is 17.2. The predicted octanol–water partition coefficient (Wildman–Crippen LogP) is 3.94. The molecule has 0 aliphatic rings. The van der Waals surface area contributed by atoms with Crippen LogP contribution in [0.25, 0.3) is 0 Å². The lowest BCUT2D eigenvalue weighted by atomic mass is 9.81. The molecule has 0 fully saturated rings. The Bertz CT molecular complexity index is 175. The largest absolute Gasteiger partial charge is 0.422 e. The van der Waals surface area contributed by atoms with Crippen LogP contribution >= 0.6 is 0 Å². The molecule has 0 N–H and O–H groups in total. The third kappa shape index (κ3) is 7.99. The van der Waals surface area contributed by atoms with Crippen LogP contribution in [0, 0.1) is 17.8 Å². The Hall–Kier alpha value is 0.177. The fourth-order valence-electron chi connectivity index (χ4n) is 2.46. The summed E-state index contributed by atoms with van der Waals surface area (Å²) in [6, 6.07) is 0. The van der Waals surface area contributed by atoms with Crippen molar-refractivity contribution in [3.05, 3.63) is 0 Å². The van der Waals surface area contributed by atoms with Gasteiger partial charge >= 0.3 is 0 Å². The summed E-state index contributed by atoms with van der Waals surface area (Å²) in [5.74, 6) is 2.32. The molecule has 0 radical (unpaired) electrons. The Morgan fingerprint density at radius 1 is 0.824 bits per heavy atom. The van der Waals surface area contributed by atoms with Gasteiger partial charge in [-0.1, -0.05) is 41.5 Å². The summed E-state index contributed by atoms with van der Waals surface area (Å²) in [6.07, 6.45) is 6.33. The van der Waals surface area contributed by atoms with Crippen molar-refractivity contribution in [3.8, 4) is 0 Å². The van der Waals surface area contributed by atoms with Crippen LogP contribution in [0.15, 0.2) is 0 Å². The van der Waals surface area contributed by atoms with Gasteiger partial charge in [0.2, 0.25) is 0 Å². The van der Waals surface area contributed by atoms with E-state index in [4.69, 9.17) is 4.43 Å². The molecule has 0 aromatic heterocycles. The summed E-state index contributed by atoms with van der Waals surface area (Å²) in [6.45, 7) is 13.9. The Morgan fingerprint density at radius 2 is 1.24 bits per heavy atom. The van der Waals surface area contributed by atoms with Crippen LogP contribution in [0.1, 0.15) is 73.6 Å². The molecule has 0 atom stereocenters. The quantitative estimate of drug-likeness (QED) is 0.569. The van der Waals surface area contributed by atoms with E-state index in [0.29, 0.717) is 0 Å². The van der Waals surface area contributed by atoms with Gasteiger partial charge in [-0.2, -0.15) is 0 Å². The molecule has 0 aromatic carbocycles. The van der Waals surface area contributed by atoms with E-state index in [1.165, 1.54) is 32.1 Å². The molecule has 0 aromatic rings. The summed E-state index contributed by atoms with van der Waals surface area (Å²) in [4.78, 5) is 0. The van der Waals surface area contributed by atoms with Crippen LogP contribution < -0.4 is 0 Å². The Balaban J connectivity index is 4.50. The SMILES string of the molecule is CC(C)CCC(CCC(C)C)(CC(C)C)O[SiH3]. The van der Waals surface area contributed by atoms with Gasteiger partial charge in [0, 0.05) is 0 Å². The molecule has 104 valence electrons. The maximum atomic E-state index is 6.09. The molecule has 1 nitrogen and oxygen atoms in total. The molecule has 0 heterocycles. The van der Waals surface area contributed by atoms with Gasteiger partial charge in [0.25, 0.3) is 0 Å². The molecule has 0 aliphatic carbocycles. The first-order valence-electron chi connectivity index (χ1n) is 7.36. The van der Waals surface area contributed by atoms with Crippen LogP contribution in [0.4, 0.5) is 0 Å². The Labute approximate surface area is 112 Å². The van der Waals surface area contributed by atoms with Crippen LogP contribution in [0.3, 0.4) is 0 Å². The van der Waals surface area contributed by atoms with E-state index in [0.717, 1.165) is 28.2 Å². The summed E-state index contributed by atoms with van der Waals surface area (Å²) in [5, 5.41) is 0. The van der Waals surface area contributed by atoms with Gasteiger partial charge < -0.3 is 4.43 Å². The van der Waals surface area contributed by atoms with Crippen molar-refractivity contribution in [1.29, 1.82) is 0 Å². The van der Waals surface area contributed by atoms with Gasteiger partial charge in [0.15, 0.2) is 0 Å². The molecule has 0 saturated heterocycles. The lowest BCUT2D eigenvalue weighted by Crippen LogP contribution is -2.34. The zero-order valence-electron chi connectivity index (χ0n) is 13.2. The average molecular weight is 259 g/mol. The molecule has 0 spiro atoms. The lowest BCUT2D eigenvalue weighted by Gasteiger charge is -2.36. The fraction of sp³-hybridized carbons (Fsp3) is 1.00. The zero-order chi connectivity index (χ0) is 13.5. The Kier molecular flexibility index (Phi) is 8.40. The van der Waals surface area contributed by atoms with Gasteiger partial charge in [-0.25, -0.2) is 0 Å². The smallest absolute Gasteiger partial charge is 0.146 e. The van der Waals surface area contributed by atoms with Gasteiger partial charge in [-0.15, -0.1) is 0 Å². The highest BCUT2D eigenvalue weighted by Gasteiger charge is 2.29. The second kappa shape index (κ2) is 8.31. The normalized spacial score (nSPS) is 13.2. The highest BCUT2D eigenvalue weighted by atomic mass is 28.2. The molecule has 0 bridgehead atoms. The van der Waals surface area contributed by atoms with E-state index in [1.807, 2.05) is 0 Å². The average Bonchev–Trinajstić information content (AvgIpc) is 2.21. The van der Waals surface area contributed by atoms with E-state index in [9.17, 15) is 0 Å². The second-order valence-electron chi connectivity index (χ2n) is 6.85. The molecular weight excluding hydrogens is 224 g/mol. The maximum absolute atomic E-state index is 6.09. The molecule has 0 amide bonds. The maximum Gasteiger partial charge on any atom is 0.146 e. The van der Waals surface area contributed by atoms with E-state index < -0.39 is 0 Å². The van der Waals surface area contributed by atoms with Crippen LogP contribution in [-0.2, 0) is 4.43 Å². The van der Waals surface area contributed by atoms with Crippen LogP contribution in [-0.4, -0.2) is 16.1 Å². The molecule has 0 saturated carbocycles. The predicted molar refractivity (Wildman–Crippen MR) is 81.4 cm³/mol. The van der Waals surface area contributed by atoms with Crippen molar-refractivity contribution in [3.63, 3.8) is 0 Å². The van der Waals surface area contributed by atoms with E-state index in [2.05, 4.69) is 41.5 Å². The minimum absolute atomic E-state index is 0.189. The van der Waals surface area contributed by atoms with E-state index in [1.54, 1.807) is 0 Å². The summed E-state index contributed by atoms with van der Waals surface area (Å²) < 4.78 is 6.09. The van der Waals surface area contributed by atoms with Crippen LogP contribution in [0.5, 0.6) is 0 Å². The van der Waals surface area contributed by atoms with Crippen molar-refractivity contribution >= 4 is 10.5 Å². The van der Waals surface area contributed by atoms with E-state index >= 15 is 0 Å². The van der Waals surface area contributed by atoms with Gasteiger partial charge in [0.05, 0.1) is 5.60 Å². The zero-order valence-corrected chi connectivity index (χ0v) is 15.2. The van der Waals surface area contributed by atoms with Crippen molar-refractivity contribution in [2.45, 2.75) is 79.2 Å². The van der Waals surface area contributed by atoms with Crippen molar-refractivity contribution < 1.29 is 4.43 Å². The number of hydrogen-bond donors (Lipinski definition) is 0. The molecule has 0 rings (SSSR count). The highest BCUT2D eigenvalue weighted by molar-refractivity contribution is 5.98. The molecule has 2 heteroatoms. The molecular formula is C15H34OSi. The van der Waals surface area contributed by atoms with Crippen molar-refractivity contribution in [2.24, 2.45) is 17.8 Å². The Morgan fingerprint density at radius 3 is 1.47 bits per heavy atom. The highest BCUT2D eigenvalue weighted by Crippen LogP contribution is 2.33.